The van der Waals surface area contributed by atoms with E-state index in [2.05, 4.69) is 17.2 Å². The lowest BCUT2D eigenvalue weighted by Gasteiger charge is -2.12. The van der Waals surface area contributed by atoms with E-state index in [1.165, 1.54) is 12.5 Å². The number of Topliss-reactive ketones (excluding diaryl/α,β-unsaturated/α-hetero) is 1. The molecule has 2 rings (SSSR count). The van der Waals surface area contributed by atoms with Crippen LogP contribution < -0.4 is 5.32 Å². The third-order valence-corrected chi connectivity index (χ3v) is 3.27. The Balaban J connectivity index is 1.93. The largest absolute Gasteiger partial charge is 0.356 e. The quantitative estimate of drug-likeness (QED) is 0.821. The lowest BCUT2D eigenvalue weighted by atomic mass is 10.0. The first-order chi connectivity index (χ1) is 9.58. The van der Waals surface area contributed by atoms with Crippen LogP contribution in [0.1, 0.15) is 46.2 Å². The van der Waals surface area contributed by atoms with Crippen molar-refractivity contribution in [3.8, 4) is 0 Å². The number of hydrogen-bond donors (Lipinski definition) is 2. The summed E-state index contributed by atoms with van der Waals surface area (Å²) in [6, 6.07) is 11.6. The fourth-order valence-electron chi connectivity index (χ4n) is 1.97. The van der Waals surface area contributed by atoms with Crippen LogP contribution in [-0.4, -0.2) is 23.2 Å². The van der Waals surface area contributed by atoms with Crippen molar-refractivity contribution in [2.45, 2.75) is 19.8 Å². The van der Waals surface area contributed by atoms with Crippen molar-refractivity contribution in [2.24, 2.45) is 0 Å². The third kappa shape index (κ3) is 3.35. The monoisotopic (exact) mass is 270 g/mol. The average Bonchev–Trinajstić information content (AvgIpc) is 2.95. The van der Waals surface area contributed by atoms with E-state index in [-0.39, 0.29) is 17.6 Å². The molecule has 1 amide bonds. The van der Waals surface area contributed by atoms with E-state index in [1.807, 2.05) is 30.3 Å². The fraction of sp³-hybridized carbons (Fsp3) is 0.250. The van der Waals surface area contributed by atoms with E-state index in [1.54, 1.807) is 12.3 Å². The first-order valence-electron chi connectivity index (χ1n) is 6.60. The van der Waals surface area contributed by atoms with Gasteiger partial charge in [0.05, 0.1) is 0 Å². The van der Waals surface area contributed by atoms with E-state index in [9.17, 15) is 9.59 Å². The summed E-state index contributed by atoms with van der Waals surface area (Å²) in [5, 5.41) is 2.87. The molecule has 1 aromatic heterocycles. The van der Waals surface area contributed by atoms with Crippen molar-refractivity contribution in [3.05, 3.63) is 59.4 Å². The number of carbonyl (C=O) groups is 2. The number of benzene rings is 1. The second-order valence-electron chi connectivity index (χ2n) is 4.88. The van der Waals surface area contributed by atoms with Gasteiger partial charge in [0, 0.05) is 18.3 Å². The van der Waals surface area contributed by atoms with E-state index in [4.69, 9.17) is 0 Å². The molecule has 1 heterocycles. The summed E-state index contributed by atoms with van der Waals surface area (Å²) in [5.41, 5.74) is 2.12. The van der Waals surface area contributed by atoms with Crippen molar-refractivity contribution >= 4 is 11.7 Å². The molecule has 0 aliphatic rings. The van der Waals surface area contributed by atoms with Crippen LogP contribution in [0, 0.1) is 0 Å². The Morgan fingerprint density at radius 2 is 1.95 bits per heavy atom. The molecule has 104 valence electrons. The summed E-state index contributed by atoms with van der Waals surface area (Å²) in [4.78, 5) is 26.0. The number of hydrogen-bond acceptors (Lipinski definition) is 2. The van der Waals surface area contributed by atoms with Crippen LogP contribution in [0.5, 0.6) is 0 Å². The number of H-pyrrole nitrogens is 1. The van der Waals surface area contributed by atoms with Crippen LogP contribution in [0.25, 0.3) is 0 Å². The summed E-state index contributed by atoms with van der Waals surface area (Å²) in [6.07, 6.45) is 1.55. The first-order valence-corrected chi connectivity index (χ1v) is 6.60. The maximum Gasteiger partial charge on any atom is 0.267 e. The third-order valence-electron chi connectivity index (χ3n) is 3.27. The molecule has 4 nitrogen and oxygen atoms in total. The van der Waals surface area contributed by atoms with Crippen LogP contribution in [0.15, 0.2) is 42.6 Å². The lowest BCUT2D eigenvalue weighted by molar-refractivity contribution is 0.0947. The fourth-order valence-corrected chi connectivity index (χ4v) is 1.97. The highest BCUT2D eigenvalue weighted by molar-refractivity contribution is 5.99. The molecule has 0 bridgehead atoms. The van der Waals surface area contributed by atoms with Crippen molar-refractivity contribution in [1.82, 2.24) is 10.3 Å². The van der Waals surface area contributed by atoms with Crippen LogP contribution >= 0.6 is 0 Å². The number of rotatable bonds is 5. The van der Waals surface area contributed by atoms with Crippen LogP contribution in [0.3, 0.4) is 0 Å². The standard InChI is InChI=1S/C16H18N2O2/c1-11(13-6-4-3-5-7-13)9-18-16(20)15-8-14(10-17-15)12(2)19/h3-8,10-11,17H,9H2,1-2H3,(H,18,20)/t11-/m1/s1. The van der Waals surface area contributed by atoms with Gasteiger partial charge in [-0.3, -0.25) is 9.59 Å². The highest BCUT2D eigenvalue weighted by atomic mass is 16.2. The molecule has 0 aliphatic carbocycles. The van der Waals surface area contributed by atoms with E-state index in [0.717, 1.165) is 0 Å². The van der Waals surface area contributed by atoms with Crippen LogP contribution in [-0.2, 0) is 0 Å². The van der Waals surface area contributed by atoms with Crippen molar-refractivity contribution < 1.29 is 9.59 Å². The number of carbonyl (C=O) groups excluding carboxylic acids is 2. The molecule has 1 atom stereocenters. The number of aromatic amines is 1. The maximum absolute atomic E-state index is 12.0. The van der Waals surface area contributed by atoms with Gasteiger partial charge in [-0.05, 0) is 24.5 Å². The second-order valence-corrected chi connectivity index (χ2v) is 4.88. The van der Waals surface area contributed by atoms with Gasteiger partial charge in [0.25, 0.3) is 5.91 Å². The van der Waals surface area contributed by atoms with Crippen molar-refractivity contribution in [2.75, 3.05) is 6.54 Å². The van der Waals surface area contributed by atoms with E-state index >= 15 is 0 Å². The number of nitrogens with one attached hydrogen (secondary N) is 2. The van der Waals surface area contributed by atoms with Gasteiger partial charge < -0.3 is 10.3 Å². The van der Waals surface area contributed by atoms with Gasteiger partial charge in [-0.2, -0.15) is 0 Å². The molecule has 2 N–H and O–H groups in total. The zero-order valence-electron chi connectivity index (χ0n) is 11.6. The summed E-state index contributed by atoms with van der Waals surface area (Å²) in [6.45, 7) is 4.09. The summed E-state index contributed by atoms with van der Waals surface area (Å²) in [5.74, 6) is -0.0133. The SMILES string of the molecule is CC(=O)c1c[nH]c(C(=O)NC[C@@H](C)c2ccccc2)c1. The summed E-state index contributed by atoms with van der Waals surface area (Å²) < 4.78 is 0. The number of aromatic nitrogens is 1. The molecule has 2 aromatic rings. The van der Waals surface area contributed by atoms with Gasteiger partial charge in [0.1, 0.15) is 5.69 Å². The van der Waals surface area contributed by atoms with Gasteiger partial charge in [0.15, 0.2) is 5.78 Å². The molecule has 0 spiro atoms. The predicted octanol–water partition coefficient (Wildman–Crippen LogP) is 2.75. The predicted molar refractivity (Wildman–Crippen MR) is 78.0 cm³/mol. The van der Waals surface area contributed by atoms with Crippen molar-refractivity contribution in [3.63, 3.8) is 0 Å². The minimum atomic E-state index is -0.194. The number of ketones is 1. The van der Waals surface area contributed by atoms with E-state index < -0.39 is 0 Å². The molecule has 4 heteroatoms. The molecule has 0 saturated carbocycles. The molecule has 0 saturated heterocycles. The average molecular weight is 270 g/mol. The molecule has 0 unspecified atom stereocenters. The molecular formula is C16H18N2O2. The molecule has 0 aliphatic heterocycles. The Morgan fingerprint density at radius 3 is 2.55 bits per heavy atom. The van der Waals surface area contributed by atoms with Crippen LogP contribution in [0.2, 0.25) is 0 Å². The molecule has 0 radical (unpaired) electrons. The van der Waals surface area contributed by atoms with Gasteiger partial charge in [0.2, 0.25) is 0 Å². The number of amides is 1. The molecule has 0 fully saturated rings. The maximum atomic E-state index is 12.0. The van der Waals surface area contributed by atoms with Gasteiger partial charge in [-0.15, -0.1) is 0 Å². The van der Waals surface area contributed by atoms with E-state index in [0.29, 0.717) is 17.8 Å². The lowest BCUT2D eigenvalue weighted by Crippen LogP contribution is -2.27. The van der Waals surface area contributed by atoms with Gasteiger partial charge in [-0.1, -0.05) is 37.3 Å². The Morgan fingerprint density at radius 1 is 1.25 bits per heavy atom. The highest BCUT2D eigenvalue weighted by Crippen LogP contribution is 2.13. The highest BCUT2D eigenvalue weighted by Gasteiger charge is 2.12. The zero-order chi connectivity index (χ0) is 14.5. The Hall–Kier alpha value is -2.36. The van der Waals surface area contributed by atoms with Crippen molar-refractivity contribution in [1.29, 1.82) is 0 Å². The summed E-state index contributed by atoms with van der Waals surface area (Å²) >= 11 is 0. The zero-order valence-corrected chi connectivity index (χ0v) is 11.6. The van der Waals surface area contributed by atoms with Crippen LogP contribution in [0.4, 0.5) is 0 Å². The second kappa shape index (κ2) is 6.19. The topological polar surface area (TPSA) is 62.0 Å². The normalized spacial score (nSPS) is 11.9. The Kier molecular flexibility index (Phi) is 4.35. The molecule has 20 heavy (non-hydrogen) atoms. The smallest absolute Gasteiger partial charge is 0.267 e. The molecule has 1 aromatic carbocycles. The summed E-state index contributed by atoms with van der Waals surface area (Å²) in [7, 11) is 0. The minimum absolute atomic E-state index is 0.0575. The Labute approximate surface area is 118 Å². The van der Waals surface area contributed by atoms with Gasteiger partial charge in [-0.25, -0.2) is 0 Å². The minimum Gasteiger partial charge on any atom is -0.356 e. The molecular weight excluding hydrogens is 252 g/mol. The first kappa shape index (κ1) is 14.1. The van der Waals surface area contributed by atoms with Gasteiger partial charge >= 0.3 is 0 Å². The Bertz CT molecular complexity index is 602.